The fraction of sp³-hybridized carbons (Fsp3) is 0.222. The zero-order valence-electron chi connectivity index (χ0n) is 14.7. The van der Waals surface area contributed by atoms with Crippen molar-refractivity contribution in [2.75, 3.05) is 25.0 Å². The maximum Gasteiger partial charge on any atom is 0.338 e. The number of ether oxygens (including phenoxy) is 1. The molecule has 0 radical (unpaired) electrons. The van der Waals surface area contributed by atoms with Crippen molar-refractivity contribution >= 4 is 27.6 Å². The van der Waals surface area contributed by atoms with E-state index >= 15 is 0 Å². The predicted molar refractivity (Wildman–Crippen MR) is 97.6 cm³/mol. The van der Waals surface area contributed by atoms with Gasteiger partial charge in [0.25, 0.3) is 15.9 Å². The lowest BCUT2D eigenvalue weighted by atomic mass is 10.2. The van der Waals surface area contributed by atoms with Crippen LogP contribution < -0.4 is 9.62 Å². The molecule has 0 bridgehead atoms. The van der Waals surface area contributed by atoms with Crippen LogP contribution in [0, 0.1) is 6.92 Å². The Labute approximate surface area is 152 Å². The summed E-state index contributed by atoms with van der Waals surface area (Å²) in [6.45, 7) is 1.50. The van der Waals surface area contributed by atoms with E-state index in [2.05, 4.69) is 5.32 Å². The van der Waals surface area contributed by atoms with Crippen LogP contribution in [-0.2, 0) is 19.6 Å². The number of rotatable bonds is 6. The van der Waals surface area contributed by atoms with Crippen LogP contribution in [0.2, 0.25) is 0 Å². The largest absolute Gasteiger partial charge is 0.452 e. The molecule has 0 saturated carbocycles. The van der Waals surface area contributed by atoms with Gasteiger partial charge in [0.1, 0.15) is 0 Å². The number of anilines is 1. The van der Waals surface area contributed by atoms with Crippen molar-refractivity contribution in [1.82, 2.24) is 5.32 Å². The lowest BCUT2D eigenvalue weighted by molar-refractivity contribution is -0.123. The Morgan fingerprint density at radius 2 is 1.62 bits per heavy atom. The summed E-state index contributed by atoms with van der Waals surface area (Å²) >= 11 is 0. The van der Waals surface area contributed by atoms with Crippen molar-refractivity contribution in [3.63, 3.8) is 0 Å². The maximum absolute atomic E-state index is 12.7. The van der Waals surface area contributed by atoms with Crippen LogP contribution in [-0.4, -0.2) is 41.0 Å². The first kappa shape index (κ1) is 19.5. The van der Waals surface area contributed by atoms with Crippen molar-refractivity contribution in [3.05, 3.63) is 59.7 Å². The van der Waals surface area contributed by atoms with E-state index in [0.717, 1.165) is 9.87 Å². The molecule has 2 aromatic rings. The van der Waals surface area contributed by atoms with Gasteiger partial charge >= 0.3 is 5.97 Å². The minimum Gasteiger partial charge on any atom is -0.452 e. The highest BCUT2D eigenvalue weighted by molar-refractivity contribution is 7.92. The molecule has 2 rings (SSSR count). The highest BCUT2D eigenvalue weighted by atomic mass is 32.2. The highest BCUT2D eigenvalue weighted by Crippen LogP contribution is 2.22. The van der Waals surface area contributed by atoms with Gasteiger partial charge in [-0.15, -0.1) is 0 Å². The number of benzene rings is 2. The third-order valence-electron chi connectivity index (χ3n) is 3.76. The summed E-state index contributed by atoms with van der Waals surface area (Å²) in [4.78, 5) is 23.1. The van der Waals surface area contributed by atoms with Gasteiger partial charge in [-0.3, -0.25) is 9.10 Å². The van der Waals surface area contributed by atoms with E-state index in [4.69, 9.17) is 4.74 Å². The first-order valence-corrected chi connectivity index (χ1v) is 9.23. The van der Waals surface area contributed by atoms with Gasteiger partial charge in [-0.1, -0.05) is 17.7 Å². The number of esters is 1. The quantitative estimate of drug-likeness (QED) is 0.775. The van der Waals surface area contributed by atoms with Crippen molar-refractivity contribution in [3.8, 4) is 0 Å². The molecule has 0 unspecified atom stereocenters. The molecule has 138 valence electrons. The molecule has 0 heterocycles. The molecule has 0 aromatic heterocycles. The van der Waals surface area contributed by atoms with Gasteiger partial charge in [0.05, 0.1) is 16.1 Å². The second-order valence-corrected chi connectivity index (χ2v) is 7.55. The Kier molecular flexibility index (Phi) is 5.99. The number of nitrogens with one attached hydrogen (secondary N) is 1. The molecule has 1 amide bonds. The van der Waals surface area contributed by atoms with Gasteiger partial charge in [0.2, 0.25) is 0 Å². The Morgan fingerprint density at radius 3 is 2.15 bits per heavy atom. The molecule has 2 aromatic carbocycles. The molecule has 0 atom stereocenters. The standard InChI is InChI=1S/C18H20N2O5S/c1-13-4-10-16(11-5-13)26(23,24)20(3)15-8-6-14(7-9-15)18(22)25-12-17(21)19-2/h4-11H,12H2,1-3H3,(H,19,21). The molecule has 26 heavy (non-hydrogen) atoms. The molecule has 7 nitrogen and oxygen atoms in total. The summed E-state index contributed by atoms with van der Waals surface area (Å²) in [5.41, 5.74) is 1.58. The minimum absolute atomic E-state index is 0.180. The van der Waals surface area contributed by atoms with Gasteiger partial charge < -0.3 is 10.1 Å². The number of likely N-dealkylation sites (N-methyl/N-ethyl adjacent to an activating group) is 1. The van der Waals surface area contributed by atoms with E-state index in [0.29, 0.717) is 5.69 Å². The van der Waals surface area contributed by atoms with E-state index in [9.17, 15) is 18.0 Å². The van der Waals surface area contributed by atoms with Crippen LogP contribution in [0.4, 0.5) is 5.69 Å². The average Bonchev–Trinajstić information content (AvgIpc) is 2.65. The molecule has 0 aliphatic rings. The van der Waals surface area contributed by atoms with E-state index in [1.54, 1.807) is 24.3 Å². The molecule has 0 fully saturated rings. The van der Waals surface area contributed by atoms with Gasteiger partial charge in [0.15, 0.2) is 6.61 Å². The van der Waals surface area contributed by atoms with Gasteiger partial charge in [-0.05, 0) is 43.3 Å². The number of amides is 1. The smallest absolute Gasteiger partial charge is 0.338 e. The Hall–Kier alpha value is -2.87. The van der Waals surface area contributed by atoms with Crippen molar-refractivity contribution in [2.45, 2.75) is 11.8 Å². The summed E-state index contributed by atoms with van der Waals surface area (Å²) in [7, 11) is -0.824. The summed E-state index contributed by atoms with van der Waals surface area (Å²) < 4.78 is 31.3. The van der Waals surface area contributed by atoms with Crippen LogP contribution in [0.25, 0.3) is 0 Å². The van der Waals surface area contributed by atoms with Crippen LogP contribution >= 0.6 is 0 Å². The highest BCUT2D eigenvalue weighted by Gasteiger charge is 2.21. The average molecular weight is 376 g/mol. The van der Waals surface area contributed by atoms with Crippen molar-refractivity contribution in [2.24, 2.45) is 0 Å². The van der Waals surface area contributed by atoms with Crippen LogP contribution in [0.1, 0.15) is 15.9 Å². The second-order valence-electron chi connectivity index (χ2n) is 5.58. The van der Waals surface area contributed by atoms with Crippen LogP contribution in [0.15, 0.2) is 53.4 Å². The van der Waals surface area contributed by atoms with E-state index in [-0.39, 0.29) is 17.1 Å². The summed E-state index contributed by atoms with van der Waals surface area (Å²) in [6, 6.07) is 12.5. The third kappa shape index (κ3) is 4.40. The molecule has 8 heteroatoms. The maximum atomic E-state index is 12.7. The minimum atomic E-state index is -3.70. The topological polar surface area (TPSA) is 92.8 Å². The molecule has 0 aliphatic heterocycles. The monoisotopic (exact) mass is 376 g/mol. The Morgan fingerprint density at radius 1 is 1.04 bits per heavy atom. The first-order chi connectivity index (χ1) is 12.3. The van der Waals surface area contributed by atoms with Crippen molar-refractivity contribution < 1.29 is 22.7 Å². The van der Waals surface area contributed by atoms with Gasteiger partial charge in [-0.25, -0.2) is 13.2 Å². The van der Waals surface area contributed by atoms with E-state index < -0.39 is 21.9 Å². The molecule has 0 aliphatic carbocycles. The zero-order valence-corrected chi connectivity index (χ0v) is 15.5. The lowest BCUT2D eigenvalue weighted by Gasteiger charge is -2.19. The summed E-state index contributed by atoms with van der Waals surface area (Å²) in [5, 5.41) is 2.34. The van der Waals surface area contributed by atoms with Crippen molar-refractivity contribution in [1.29, 1.82) is 0 Å². The fourth-order valence-corrected chi connectivity index (χ4v) is 3.30. The normalized spacial score (nSPS) is 10.9. The number of carbonyl (C=O) groups is 2. The zero-order chi connectivity index (χ0) is 19.3. The van der Waals surface area contributed by atoms with Gasteiger partial charge in [0, 0.05) is 14.1 Å². The number of hydrogen-bond donors (Lipinski definition) is 1. The molecular formula is C18H20N2O5S. The van der Waals surface area contributed by atoms with E-state index in [1.165, 1.54) is 38.4 Å². The predicted octanol–water partition coefficient (Wildman–Crippen LogP) is 1.72. The Bertz CT molecular complexity index is 890. The molecule has 0 saturated heterocycles. The second kappa shape index (κ2) is 8.01. The third-order valence-corrected chi connectivity index (χ3v) is 5.56. The molecular weight excluding hydrogens is 356 g/mol. The SMILES string of the molecule is CNC(=O)COC(=O)c1ccc(N(C)S(=O)(=O)c2ccc(C)cc2)cc1. The first-order valence-electron chi connectivity index (χ1n) is 7.79. The van der Waals surface area contributed by atoms with Crippen LogP contribution in [0.3, 0.4) is 0 Å². The summed E-state index contributed by atoms with van der Waals surface area (Å²) in [6.07, 6.45) is 0. The molecule has 0 spiro atoms. The lowest BCUT2D eigenvalue weighted by Crippen LogP contribution is -2.26. The number of aryl methyl sites for hydroxylation is 1. The Balaban J connectivity index is 2.15. The van der Waals surface area contributed by atoms with E-state index in [1.807, 2.05) is 6.92 Å². The number of hydrogen-bond acceptors (Lipinski definition) is 5. The van der Waals surface area contributed by atoms with Crippen LogP contribution in [0.5, 0.6) is 0 Å². The number of nitrogens with zero attached hydrogens (tertiary/aromatic N) is 1. The summed E-state index contributed by atoms with van der Waals surface area (Å²) in [5.74, 6) is -1.08. The number of sulfonamides is 1. The van der Waals surface area contributed by atoms with Gasteiger partial charge in [-0.2, -0.15) is 0 Å². The number of carbonyl (C=O) groups excluding carboxylic acids is 2. The fourth-order valence-electron chi connectivity index (χ4n) is 2.10. The molecule has 1 N–H and O–H groups in total.